The molecule has 1 fully saturated rings. The number of hydrogen-bond acceptors (Lipinski definition) is 10. The summed E-state index contributed by atoms with van der Waals surface area (Å²) in [5, 5.41) is 0. The maximum Gasteiger partial charge on any atom is 0.508 e. The molecule has 0 radical (unpaired) electrons. The molecule has 3 aromatic rings. The first kappa shape index (κ1) is 28.5. The Hall–Kier alpha value is -4.52. The Balaban J connectivity index is 1.34. The molecule has 1 aromatic carbocycles. The summed E-state index contributed by atoms with van der Waals surface area (Å²) in [5.74, 6) is -0.360. The molecule has 40 heavy (non-hydrogen) atoms. The number of carbonyl (C=O) groups excluding carboxylic acids is 2. The molecule has 0 amide bonds. The predicted molar refractivity (Wildman–Crippen MR) is 139 cm³/mol. The third-order valence-electron chi connectivity index (χ3n) is 6.19. The predicted octanol–water partition coefficient (Wildman–Crippen LogP) is 2.46. The molecule has 1 saturated heterocycles. The van der Waals surface area contributed by atoms with Gasteiger partial charge in [0.15, 0.2) is 0 Å². The van der Waals surface area contributed by atoms with Gasteiger partial charge in [-0.2, -0.15) is 0 Å². The van der Waals surface area contributed by atoms with Crippen LogP contribution in [0.15, 0.2) is 64.4 Å². The lowest BCUT2D eigenvalue weighted by atomic mass is 10.2. The van der Waals surface area contributed by atoms with Crippen LogP contribution in [-0.2, 0) is 30.3 Å². The van der Waals surface area contributed by atoms with Crippen molar-refractivity contribution in [3.63, 3.8) is 0 Å². The number of pyridine rings is 1. The van der Waals surface area contributed by atoms with E-state index < -0.39 is 41.8 Å². The maximum atomic E-state index is 14.2. The maximum absolute atomic E-state index is 14.2. The van der Waals surface area contributed by atoms with Gasteiger partial charge in [-0.15, -0.1) is 0 Å². The average Bonchev–Trinajstić information content (AvgIpc) is 3.32. The number of H-pyrrole nitrogens is 1. The normalized spacial score (nSPS) is 18.2. The Morgan fingerprint density at radius 1 is 1.18 bits per heavy atom. The van der Waals surface area contributed by atoms with Crippen LogP contribution >= 0.6 is 0 Å². The zero-order valence-corrected chi connectivity index (χ0v) is 21.9. The van der Waals surface area contributed by atoms with E-state index in [2.05, 4.69) is 9.97 Å². The topological polar surface area (TPSA) is 142 Å². The molecule has 12 nitrogen and oxygen atoms in total. The minimum atomic E-state index is -0.988. The third kappa shape index (κ3) is 7.32. The number of aromatic amines is 1. The Morgan fingerprint density at radius 2 is 1.95 bits per heavy atom. The Morgan fingerprint density at radius 3 is 2.67 bits per heavy atom. The Labute approximate surface area is 228 Å². The fourth-order valence-corrected chi connectivity index (χ4v) is 4.24. The number of carbonyl (C=O) groups is 2. The highest BCUT2D eigenvalue weighted by Crippen LogP contribution is 2.30. The van der Waals surface area contributed by atoms with Crippen molar-refractivity contribution in [2.45, 2.75) is 45.2 Å². The van der Waals surface area contributed by atoms with Crippen LogP contribution in [0.2, 0.25) is 0 Å². The van der Waals surface area contributed by atoms with E-state index in [0.29, 0.717) is 16.9 Å². The first-order valence-corrected chi connectivity index (χ1v) is 12.5. The minimum absolute atomic E-state index is 0.0859. The third-order valence-corrected chi connectivity index (χ3v) is 6.19. The standard InChI is InChI=1S/C27H29FN4O8/c1-17-14-32(26(35)30-25(17)34)24-13-21(39-18(2)33)22(40-24)16-38-27(36)37-12-11-31(23-9-5-6-10-29-23)15-19-7-3-4-8-20(19)28/h3-10,14,21-22,24H,11-13,15-16H2,1-2H3,(H,30,34,35)/t21-,22+,24+/m0/s1. The summed E-state index contributed by atoms with van der Waals surface area (Å²) < 4.78 is 37.0. The lowest BCUT2D eigenvalue weighted by Gasteiger charge is -2.24. The van der Waals surface area contributed by atoms with Gasteiger partial charge in [0, 0.05) is 43.4 Å². The van der Waals surface area contributed by atoms with E-state index in [1.54, 1.807) is 47.5 Å². The number of rotatable bonds is 10. The zero-order chi connectivity index (χ0) is 28.6. The smallest absolute Gasteiger partial charge is 0.459 e. The molecule has 3 heterocycles. The molecule has 3 atom stereocenters. The summed E-state index contributed by atoms with van der Waals surface area (Å²) >= 11 is 0. The summed E-state index contributed by atoms with van der Waals surface area (Å²) in [6, 6.07) is 11.7. The number of anilines is 1. The van der Waals surface area contributed by atoms with E-state index in [9.17, 15) is 23.6 Å². The van der Waals surface area contributed by atoms with Crippen molar-refractivity contribution in [2.75, 3.05) is 24.7 Å². The van der Waals surface area contributed by atoms with Crippen LogP contribution in [0.5, 0.6) is 0 Å². The van der Waals surface area contributed by atoms with Gasteiger partial charge in [-0.25, -0.2) is 19.0 Å². The fraction of sp³-hybridized carbons (Fsp3) is 0.370. The lowest BCUT2D eigenvalue weighted by Crippen LogP contribution is -2.34. The van der Waals surface area contributed by atoms with E-state index in [1.165, 1.54) is 30.7 Å². The summed E-state index contributed by atoms with van der Waals surface area (Å²) in [6.45, 7) is 2.76. The van der Waals surface area contributed by atoms with Crippen molar-refractivity contribution in [3.05, 3.63) is 92.6 Å². The van der Waals surface area contributed by atoms with Gasteiger partial charge in [0.25, 0.3) is 5.56 Å². The molecule has 1 aliphatic rings. The van der Waals surface area contributed by atoms with Crippen LogP contribution in [-0.4, -0.2) is 58.6 Å². The Bertz CT molecular complexity index is 1440. The molecule has 1 aliphatic heterocycles. The highest BCUT2D eigenvalue weighted by molar-refractivity contribution is 5.66. The molecule has 4 rings (SSSR count). The summed E-state index contributed by atoms with van der Waals surface area (Å²) in [5.41, 5.74) is -0.452. The van der Waals surface area contributed by atoms with Crippen molar-refractivity contribution in [3.8, 4) is 0 Å². The molecule has 2 aromatic heterocycles. The van der Waals surface area contributed by atoms with Crippen LogP contribution in [0.3, 0.4) is 0 Å². The van der Waals surface area contributed by atoms with E-state index in [-0.39, 0.29) is 38.5 Å². The van der Waals surface area contributed by atoms with Crippen molar-refractivity contribution in [2.24, 2.45) is 0 Å². The number of aryl methyl sites for hydroxylation is 1. The second kappa shape index (κ2) is 13.0. The molecule has 1 N–H and O–H groups in total. The SMILES string of the molecule is CC(=O)O[C@H]1C[C@H](n2cc(C)c(=O)[nH]c2=O)O[C@@H]1COC(=O)OCCN(Cc1ccccc1F)c1ccccn1. The summed E-state index contributed by atoms with van der Waals surface area (Å²) in [7, 11) is 0. The monoisotopic (exact) mass is 556 g/mol. The van der Waals surface area contributed by atoms with Gasteiger partial charge >= 0.3 is 17.8 Å². The van der Waals surface area contributed by atoms with Gasteiger partial charge in [-0.05, 0) is 25.1 Å². The average molecular weight is 557 g/mol. The van der Waals surface area contributed by atoms with Crippen molar-refractivity contribution in [1.82, 2.24) is 14.5 Å². The number of halogens is 1. The van der Waals surface area contributed by atoms with Crippen molar-refractivity contribution >= 4 is 17.9 Å². The summed E-state index contributed by atoms with van der Waals surface area (Å²) in [4.78, 5) is 56.2. The van der Waals surface area contributed by atoms with Gasteiger partial charge in [0.1, 0.15) is 43.3 Å². The highest BCUT2D eigenvalue weighted by atomic mass is 19.1. The van der Waals surface area contributed by atoms with Gasteiger partial charge in [0.05, 0.1) is 6.54 Å². The fourth-order valence-electron chi connectivity index (χ4n) is 4.24. The zero-order valence-electron chi connectivity index (χ0n) is 21.9. The van der Waals surface area contributed by atoms with Crippen LogP contribution in [0.4, 0.5) is 15.0 Å². The van der Waals surface area contributed by atoms with Crippen molar-refractivity contribution < 1.29 is 32.9 Å². The quantitative estimate of drug-likeness (QED) is 0.370. The molecule has 0 saturated carbocycles. The molecule has 212 valence electrons. The van der Waals surface area contributed by atoms with Crippen LogP contribution < -0.4 is 16.1 Å². The number of nitrogens with one attached hydrogen (secondary N) is 1. The Kier molecular flexibility index (Phi) is 9.27. The van der Waals surface area contributed by atoms with E-state index in [4.69, 9.17) is 18.9 Å². The van der Waals surface area contributed by atoms with E-state index in [1.807, 2.05) is 0 Å². The largest absolute Gasteiger partial charge is 0.508 e. The van der Waals surface area contributed by atoms with Crippen LogP contribution in [0, 0.1) is 12.7 Å². The van der Waals surface area contributed by atoms with Gasteiger partial charge in [0.2, 0.25) is 0 Å². The number of nitrogens with zero attached hydrogens (tertiary/aromatic N) is 3. The van der Waals surface area contributed by atoms with E-state index in [0.717, 1.165) is 0 Å². The minimum Gasteiger partial charge on any atom is -0.459 e. The highest BCUT2D eigenvalue weighted by Gasteiger charge is 2.40. The molecular formula is C27H29FN4O8. The lowest BCUT2D eigenvalue weighted by molar-refractivity contribution is -0.150. The molecule has 0 bridgehead atoms. The van der Waals surface area contributed by atoms with Gasteiger partial charge < -0.3 is 23.8 Å². The van der Waals surface area contributed by atoms with Crippen LogP contribution in [0.25, 0.3) is 0 Å². The molecule has 0 spiro atoms. The van der Waals surface area contributed by atoms with Gasteiger partial charge in [-0.1, -0.05) is 24.3 Å². The second-order valence-corrected chi connectivity index (χ2v) is 9.10. The first-order valence-electron chi connectivity index (χ1n) is 12.5. The van der Waals surface area contributed by atoms with E-state index >= 15 is 0 Å². The van der Waals surface area contributed by atoms with Gasteiger partial charge in [-0.3, -0.25) is 19.1 Å². The number of esters is 1. The van der Waals surface area contributed by atoms with Crippen LogP contribution in [0.1, 0.15) is 30.7 Å². The number of hydrogen-bond donors (Lipinski definition) is 1. The van der Waals surface area contributed by atoms with Crippen molar-refractivity contribution in [1.29, 1.82) is 0 Å². The second-order valence-electron chi connectivity index (χ2n) is 9.10. The molecule has 0 unspecified atom stereocenters. The molecule has 13 heteroatoms. The number of benzene rings is 1. The number of aromatic nitrogens is 3. The molecule has 0 aliphatic carbocycles. The number of ether oxygens (including phenoxy) is 4. The molecular weight excluding hydrogens is 527 g/mol. The first-order chi connectivity index (χ1) is 19.2. The summed E-state index contributed by atoms with van der Waals surface area (Å²) in [6.07, 6.45) is -0.483.